The first kappa shape index (κ1) is 20.5. The number of carbonyl (C=O) groups is 2. The van der Waals surface area contributed by atoms with Crippen LogP contribution in [0.4, 0.5) is 5.69 Å². The van der Waals surface area contributed by atoms with Crippen molar-refractivity contribution in [2.75, 3.05) is 18.5 Å². The van der Waals surface area contributed by atoms with E-state index in [-0.39, 0.29) is 31.0 Å². The summed E-state index contributed by atoms with van der Waals surface area (Å²) in [5.41, 5.74) is 3.05. The molecular weight excluding hydrogens is 342 g/mol. The average Bonchev–Trinajstić information content (AvgIpc) is 2.61. The number of esters is 1. The van der Waals surface area contributed by atoms with E-state index in [1.165, 1.54) is 5.56 Å². The lowest BCUT2D eigenvalue weighted by molar-refractivity contribution is -0.147. The van der Waals surface area contributed by atoms with Gasteiger partial charge in [-0.25, -0.2) is 0 Å². The summed E-state index contributed by atoms with van der Waals surface area (Å²) < 4.78 is 10.5. The number of anilines is 1. The van der Waals surface area contributed by atoms with Gasteiger partial charge in [0, 0.05) is 5.69 Å². The van der Waals surface area contributed by atoms with Gasteiger partial charge in [-0.05, 0) is 42.2 Å². The summed E-state index contributed by atoms with van der Waals surface area (Å²) in [6.07, 6.45) is 0.0848. The monoisotopic (exact) mass is 369 g/mol. The number of rotatable bonds is 7. The molecule has 5 nitrogen and oxygen atoms in total. The number of hydrogen-bond donors (Lipinski definition) is 1. The predicted octanol–water partition coefficient (Wildman–Crippen LogP) is 4.24. The summed E-state index contributed by atoms with van der Waals surface area (Å²) in [5, 5.41) is 2.72. The van der Waals surface area contributed by atoms with Gasteiger partial charge in [-0.1, -0.05) is 50.6 Å². The molecule has 0 saturated carbocycles. The van der Waals surface area contributed by atoms with Crippen LogP contribution in [0.3, 0.4) is 0 Å². The van der Waals surface area contributed by atoms with Gasteiger partial charge >= 0.3 is 5.97 Å². The van der Waals surface area contributed by atoms with Gasteiger partial charge in [-0.2, -0.15) is 0 Å². The largest absolute Gasteiger partial charge is 0.493 e. The van der Waals surface area contributed by atoms with Crippen LogP contribution in [0.25, 0.3) is 0 Å². The molecule has 1 N–H and O–H groups in total. The molecule has 2 aromatic carbocycles. The van der Waals surface area contributed by atoms with Gasteiger partial charge in [0.05, 0.1) is 13.0 Å². The summed E-state index contributed by atoms with van der Waals surface area (Å²) in [5.74, 6) is -0.142. The maximum absolute atomic E-state index is 11.9. The molecule has 5 heteroatoms. The van der Waals surface area contributed by atoms with Crippen molar-refractivity contribution in [1.82, 2.24) is 0 Å². The minimum Gasteiger partial charge on any atom is -0.493 e. The van der Waals surface area contributed by atoms with Crippen LogP contribution in [-0.4, -0.2) is 25.1 Å². The van der Waals surface area contributed by atoms with E-state index in [1.807, 2.05) is 55.5 Å². The molecule has 0 saturated heterocycles. The third kappa shape index (κ3) is 7.13. The second-order valence-electron chi connectivity index (χ2n) is 7.45. The summed E-state index contributed by atoms with van der Waals surface area (Å²) in [7, 11) is 0. The minimum atomic E-state index is -0.472. The Balaban J connectivity index is 1.68. The molecular formula is C22H27NO4. The van der Waals surface area contributed by atoms with Crippen molar-refractivity contribution in [3.05, 3.63) is 59.7 Å². The standard InChI is InChI=1S/C22H27NO4/c1-16-5-11-19(12-6-16)26-14-13-21(25)27-15-20(24)23-18-9-7-17(8-10-18)22(2,3)4/h5-12H,13-15H2,1-4H3,(H,23,24). The van der Waals surface area contributed by atoms with Crippen molar-refractivity contribution in [2.24, 2.45) is 0 Å². The molecule has 0 heterocycles. The van der Waals surface area contributed by atoms with Gasteiger partial charge in [-0.15, -0.1) is 0 Å². The molecule has 0 aliphatic heterocycles. The first-order valence-electron chi connectivity index (χ1n) is 8.99. The molecule has 144 valence electrons. The molecule has 0 aliphatic carbocycles. The van der Waals surface area contributed by atoms with Crippen molar-refractivity contribution in [3.8, 4) is 5.75 Å². The lowest BCUT2D eigenvalue weighted by Gasteiger charge is -2.19. The lowest BCUT2D eigenvalue weighted by Crippen LogP contribution is -2.21. The van der Waals surface area contributed by atoms with Crippen molar-refractivity contribution in [3.63, 3.8) is 0 Å². The number of aryl methyl sites for hydroxylation is 1. The highest BCUT2D eigenvalue weighted by atomic mass is 16.5. The number of ether oxygens (including phenoxy) is 2. The Morgan fingerprint density at radius 2 is 1.59 bits per heavy atom. The average molecular weight is 369 g/mol. The maximum atomic E-state index is 11.9. The fourth-order valence-electron chi connectivity index (χ4n) is 2.36. The van der Waals surface area contributed by atoms with Crippen molar-refractivity contribution in [2.45, 2.75) is 39.5 Å². The van der Waals surface area contributed by atoms with Crippen LogP contribution in [0.2, 0.25) is 0 Å². The third-order valence-corrected chi connectivity index (χ3v) is 3.99. The van der Waals surface area contributed by atoms with E-state index in [0.29, 0.717) is 11.4 Å². The molecule has 0 aromatic heterocycles. The second-order valence-corrected chi connectivity index (χ2v) is 7.45. The summed E-state index contributed by atoms with van der Waals surface area (Å²) in [6, 6.07) is 15.2. The number of hydrogen-bond acceptors (Lipinski definition) is 4. The fourth-order valence-corrected chi connectivity index (χ4v) is 2.36. The Morgan fingerprint density at radius 3 is 2.19 bits per heavy atom. The molecule has 0 bridgehead atoms. The number of benzene rings is 2. The predicted molar refractivity (Wildman–Crippen MR) is 106 cm³/mol. The van der Waals surface area contributed by atoms with E-state index in [2.05, 4.69) is 26.1 Å². The SMILES string of the molecule is Cc1ccc(OCCC(=O)OCC(=O)Nc2ccc(C(C)(C)C)cc2)cc1. The number of amides is 1. The highest BCUT2D eigenvalue weighted by molar-refractivity contribution is 5.92. The highest BCUT2D eigenvalue weighted by Gasteiger charge is 2.13. The molecule has 1 amide bonds. The Morgan fingerprint density at radius 1 is 0.963 bits per heavy atom. The van der Waals surface area contributed by atoms with Gasteiger partial charge in [0.25, 0.3) is 5.91 Å². The zero-order chi connectivity index (χ0) is 19.9. The van der Waals surface area contributed by atoms with Gasteiger partial charge in [0.15, 0.2) is 6.61 Å². The van der Waals surface area contributed by atoms with E-state index >= 15 is 0 Å². The van der Waals surface area contributed by atoms with Crippen molar-refractivity contribution in [1.29, 1.82) is 0 Å². The maximum Gasteiger partial charge on any atom is 0.309 e. The first-order chi connectivity index (χ1) is 12.7. The molecule has 0 atom stereocenters. The van der Waals surface area contributed by atoms with E-state index in [1.54, 1.807) is 0 Å². The summed E-state index contributed by atoms with van der Waals surface area (Å²) in [4.78, 5) is 23.6. The number of nitrogens with one attached hydrogen (secondary N) is 1. The van der Waals surface area contributed by atoms with Gasteiger partial charge in [-0.3, -0.25) is 9.59 Å². The van der Waals surface area contributed by atoms with Crippen LogP contribution < -0.4 is 10.1 Å². The zero-order valence-corrected chi connectivity index (χ0v) is 16.4. The van der Waals surface area contributed by atoms with Crippen LogP contribution >= 0.6 is 0 Å². The first-order valence-corrected chi connectivity index (χ1v) is 8.99. The highest BCUT2D eigenvalue weighted by Crippen LogP contribution is 2.23. The normalized spacial score (nSPS) is 11.0. The Bertz CT molecular complexity index is 758. The molecule has 0 radical (unpaired) electrons. The van der Waals surface area contributed by atoms with Gasteiger partial charge in [0.2, 0.25) is 0 Å². The van der Waals surface area contributed by atoms with Crippen LogP contribution in [0.15, 0.2) is 48.5 Å². The molecule has 0 spiro atoms. The summed E-state index contributed by atoms with van der Waals surface area (Å²) >= 11 is 0. The van der Waals surface area contributed by atoms with Crippen LogP contribution in [0.1, 0.15) is 38.3 Å². The van der Waals surface area contributed by atoms with Gasteiger partial charge in [0.1, 0.15) is 5.75 Å². The minimum absolute atomic E-state index is 0.0543. The van der Waals surface area contributed by atoms with E-state index in [4.69, 9.17) is 9.47 Å². The second kappa shape index (κ2) is 9.21. The lowest BCUT2D eigenvalue weighted by atomic mass is 9.87. The van der Waals surface area contributed by atoms with Crippen LogP contribution in [0.5, 0.6) is 5.75 Å². The van der Waals surface area contributed by atoms with E-state index < -0.39 is 5.97 Å². The van der Waals surface area contributed by atoms with Gasteiger partial charge < -0.3 is 14.8 Å². The zero-order valence-electron chi connectivity index (χ0n) is 16.4. The Kier molecular flexibility index (Phi) is 6.99. The molecule has 2 rings (SSSR count). The number of carbonyl (C=O) groups excluding carboxylic acids is 2. The van der Waals surface area contributed by atoms with E-state index in [9.17, 15) is 9.59 Å². The van der Waals surface area contributed by atoms with Crippen molar-refractivity contribution >= 4 is 17.6 Å². The molecule has 2 aromatic rings. The molecule has 0 fully saturated rings. The Labute approximate surface area is 160 Å². The quantitative estimate of drug-likeness (QED) is 0.741. The van der Waals surface area contributed by atoms with Crippen LogP contribution in [-0.2, 0) is 19.7 Å². The molecule has 27 heavy (non-hydrogen) atoms. The smallest absolute Gasteiger partial charge is 0.309 e. The third-order valence-electron chi connectivity index (χ3n) is 3.99. The van der Waals surface area contributed by atoms with Crippen LogP contribution in [0, 0.1) is 6.92 Å². The Hall–Kier alpha value is -2.82. The topological polar surface area (TPSA) is 64.6 Å². The van der Waals surface area contributed by atoms with E-state index in [0.717, 1.165) is 5.56 Å². The summed E-state index contributed by atoms with van der Waals surface area (Å²) in [6.45, 7) is 8.26. The molecule has 0 unspecified atom stereocenters. The fraction of sp³-hybridized carbons (Fsp3) is 0.364. The van der Waals surface area contributed by atoms with Crippen molar-refractivity contribution < 1.29 is 19.1 Å². The molecule has 0 aliphatic rings.